The highest BCUT2D eigenvalue weighted by molar-refractivity contribution is 7.99. The number of alkyl halides is 2. The zero-order valence-corrected chi connectivity index (χ0v) is 7.25. The van der Waals surface area contributed by atoms with Crippen LogP contribution in [0.2, 0.25) is 0 Å². The standard InChI is InChI=1S/C8H6F4S/c9-6-2-1-5(3-7(6)10)13-4-8(11)12/h1-3,8H,4H2. The van der Waals surface area contributed by atoms with Crippen LogP contribution in [0.4, 0.5) is 17.6 Å². The molecule has 0 aliphatic rings. The van der Waals surface area contributed by atoms with E-state index < -0.39 is 23.8 Å². The summed E-state index contributed by atoms with van der Waals surface area (Å²) in [5.74, 6) is -2.40. The van der Waals surface area contributed by atoms with Gasteiger partial charge in [-0.1, -0.05) is 0 Å². The molecule has 0 aliphatic carbocycles. The number of benzene rings is 1. The number of hydrogen-bond acceptors (Lipinski definition) is 1. The van der Waals surface area contributed by atoms with Crippen LogP contribution in [0.3, 0.4) is 0 Å². The molecule has 1 aromatic carbocycles. The van der Waals surface area contributed by atoms with Crippen molar-refractivity contribution in [3.63, 3.8) is 0 Å². The summed E-state index contributed by atoms with van der Waals surface area (Å²) in [6.07, 6.45) is -2.45. The molecule has 72 valence electrons. The van der Waals surface area contributed by atoms with Gasteiger partial charge in [-0.05, 0) is 18.2 Å². The van der Waals surface area contributed by atoms with Gasteiger partial charge in [-0.25, -0.2) is 17.6 Å². The summed E-state index contributed by atoms with van der Waals surface area (Å²) in [5.41, 5.74) is 0. The third-order valence-electron chi connectivity index (χ3n) is 1.27. The maximum absolute atomic E-state index is 12.5. The Hall–Kier alpha value is -0.710. The largest absolute Gasteiger partial charge is 0.247 e. The molecule has 0 amide bonds. The van der Waals surface area contributed by atoms with E-state index in [1.807, 2.05) is 0 Å². The summed E-state index contributed by atoms with van der Waals surface area (Å²) in [5, 5.41) is 0. The quantitative estimate of drug-likeness (QED) is 0.544. The van der Waals surface area contributed by atoms with E-state index in [1.54, 1.807) is 0 Å². The second-order valence-corrected chi connectivity index (χ2v) is 3.37. The lowest BCUT2D eigenvalue weighted by Gasteiger charge is -2.00. The van der Waals surface area contributed by atoms with Crippen LogP contribution < -0.4 is 0 Å². The highest BCUT2D eigenvalue weighted by Gasteiger charge is 2.06. The fraction of sp³-hybridized carbons (Fsp3) is 0.250. The lowest BCUT2D eigenvalue weighted by Crippen LogP contribution is -1.93. The molecular weight excluding hydrogens is 204 g/mol. The van der Waals surface area contributed by atoms with Crippen LogP contribution in [0.1, 0.15) is 0 Å². The molecule has 0 heterocycles. The molecule has 0 bridgehead atoms. The van der Waals surface area contributed by atoms with Gasteiger partial charge in [-0.2, -0.15) is 0 Å². The minimum absolute atomic E-state index is 0.305. The average Bonchev–Trinajstić information content (AvgIpc) is 2.07. The van der Waals surface area contributed by atoms with Gasteiger partial charge in [-0.15, -0.1) is 11.8 Å². The Labute approximate surface area is 76.9 Å². The second-order valence-electron chi connectivity index (χ2n) is 2.28. The van der Waals surface area contributed by atoms with Gasteiger partial charge in [0.25, 0.3) is 0 Å². The minimum Gasteiger partial charge on any atom is -0.210 e. The van der Waals surface area contributed by atoms with Crippen LogP contribution in [0, 0.1) is 11.6 Å². The van der Waals surface area contributed by atoms with Gasteiger partial charge < -0.3 is 0 Å². The summed E-state index contributed by atoms with van der Waals surface area (Å²) in [4.78, 5) is 0.305. The van der Waals surface area contributed by atoms with Crippen molar-refractivity contribution in [2.75, 3.05) is 5.75 Å². The van der Waals surface area contributed by atoms with Crippen molar-refractivity contribution < 1.29 is 17.6 Å². The fourth-order valence-corrected chi connectivity index (χ4v) is 1.40. The van der Waals surface area contributed by atoms with Crippen LogP contribution in [0.5, 0.6) is 0 Å². The SMILES string of the molecule is Fc1ccc(SCC(F)F)cc1F. The zero-order valence-electron chi connectivity index (χ0n) is 6.44. The predicted molar refractivity (Wildman–Crippen MR) is 43.1 cm³/mol. The smallest absolute Gasteiger partial charge is 0.210 e. The molecule has 0 spiro atoms. The first-order chi connectivity index (χ1) is 6.09. The first-order valence-corrected chi connectivity index (χ1v) is 4.44. The maximum atomic E-state index is 12.5. The summed E-state index contributed by atoms with van der Waals surface area (Å²) < 4.78 is 48.3. The van der Waals surface area contributed by atoms with Crippen molar-refractivity contribution in [1.29, 1.82) is 0 Å². The molecule has 0 saturated carbocycles. The third-order valence-corrected chi connectivity index (χ3v) is 2.27. The Morgan fingerprint density at radius 2 is 1.85 bits per heavy atom. The first-order valence-electron chi connectivity index (χ1n) is 3.45. The molecule has 0 nitrogen and oxygen atoms in total. The summed E-state index contributed by atoms with van der Waals surface area (Å²) in [6.45, 7) is 0. The highest BCUT2D eigenvalue weighted by atomic mass is 32.2. The molecule has 0 N–H and O–H groups in total. The zero-order chi connectivity index (χ0) is 9.84. The average molecular weight is 210 g/mol. The number of halogens is 4. The number of thioether (sulfide) groups is 1. The molecule has 0 aromatic heterocycles. The molecule has 13 heavy (non-hydrogen) atoms. The predicted octanol–water partition coefficient (Wildman–Crippen LogP) is 3.32. The van der Waals surface area contributed by atoms with Gasteiger partial charge in [0.1, 0.15) is 0 Å². The van der Waals surface area contributed by atoms with E-state index in [1.165, 1.54) is 6.07 Å². The number of rotatable bonds is 3. The van der Waals surface area contributed by atoms with Crippen LogP contribution in [-0.4, -0.2) is 12.2 Å². The molecule has 0 saturated heterocycles. The maximum Gasteiger partial charge on any atom is 0.247 e. The van der Waals surface area contributed by atoms with Crippen LogP contribution in [-0.2, 0) is 0 Å². The molecule has 1 aromatic rings. The monoisotopic (exact) mass is 210 g/mol. The molecule has 0 aliphatic heterocycles. The van der Waals surface area contributed by atoms with Crippen molar-refractivity contribution in [3.05, 3.63) is 29.8 Å². The fourth-order valence-electron chi connectivity index (χ4n) is 0.726. The first kappa shape index (κ1) is 10.4. The normalized spacial score (nSPS) is 10.8. The van der Waals surface area contributed by atoms with Crippen molar-refractivity contribution in [3.8, 4) is 0 Å². The van der Waals surface area contributed by atoms with E-state index in [9.17, 15) is 17.6 Å². The van der Waals surface area contributed by atoms with Crippen LogP contribution in [0.25, 0.3) is 0 Å². The summed E-state index contributed by atoms with van der Waals surface area (Å²) in [7, 11) is 0. The van der Waals surface area contributed by atoms with Crippen molar-refractivity contribution >= 4 is 11.8 Å². The van der Waals surface area contributed by atoms with Crippen LogP contribution in [0.15, 0.2) is 23.1 Å². The molecule has 1 rings (SSSR count). The van der Waals surface area contributed by atoms with E-state index in [4.69, 9.17) is 0 Å². The van der Waals surface area contributed by atoms with Crippen molar-refractivity contribution in [2.24, 2.45) is 0 Å². The van der Waals surface area contributed by atoms with Gasteiger partial charge in [0.05, 0.1) is 5.75 Å². The lowest BCUT2D eigenvalue weighted by atomic mass is 10.3. The molecule has 0 fully saturated rings. The Morgan fingerprint density at radius 1 is 1.15 bits per heavy atom. The molecular formula is C8H6F4S. The summed E-state index contributed by atoms with van der Waals surface area (Å²) in [6, 6.07) is 3.09. The second kappa shape index (κ2) is 4.50. The molecule has 5 heteroatoms. The number of hydrogen-bond donors (Lipinski definition) is 0. The highest BCUT2D eigenvalue weighted by Crippen LogP contribution is 2.21. The Bertz CT molecular complexity index is 287. The van der Waals surface area contributed by atoms with E-state index in [2.05, 4.69) is 0 Å². The third kappa shape index (κ3) is 3.26. The van der Waals surface area contributed by atoms with Gasteiger partial charge in [-0.3, -0.25) is 0 Å². The topological polar surface area (TPSA) is 0 Å². The van der Waals surface area contributed by atoms with Crippen LogP contribution >= 0.6 is 11.8 Å². The molecule has 0 radical (unpaired) electrons. The lowest BCUT2D eigenvalue weighted by molar-refractivity contribution is 0.177. The van der Waals surface area contributed by atoms with E-state index in [0.29, 0.717) is 4.90 Å². The van der Waals surface area contributed by atoms with Gasteiger partial charge >= 0.3 is 0 Å². The van der Waals surface area contributed by atoms with E-state index >= 15 is 0 Å². The molecule has 0 atom stereocenters. The Morgan fingerprint density at radius 3 is 2.38 bits per heavy atom. The van der Waals surface area contributed by atoms with E-state index in [-0.39, 0.29) is 0 Å². The summed E-state index contributed by atoms with van der Waals surface area (Å²) >= 11 is 0.795. The van der Waals surface area contributed by atoms with E-state index in [0.717, 1.165) is 23.9 Å². The Balaban J connectivity index is 2.63. The van der Waals surface area contributed by atoms with Gasteiger partial charge in [0, 0.05) is 4.90 Å². The van der Waals surface area contributed by atoms with Crippen molar-refractivity contribution in [1.82, 2.24) is 0 Å². The molecule has 0 unspecified atom stereocenters. The van der Waals surface area contributed by atoms with Crippen molar-refractivity contribution in [2.45, 2.75) is 11.3 Å². The van der Waals surface area contributed by atoms with Gasteiger partial charge in [0.2, 0.25) is 6.43 Å². The minimum atomic E-state index is -2.45. The Kier molecular flexibility index (Phi) is 3.59. The van der Waals surface area contributed by atoms with Gasteiger partial charge in [0.15, 0.2) is 11.6 Å².